The number of alkyl halides is 3. The lowest BCUT2D eigenvalue weighted by molar-refractivity contribution is -0.137. The number of halogens is 4. The molecule has 1 unspecified atom stereocenters. The van der Waals surface area contributed by atoms with Crippen molar-refractivity contribution < 1.29 is 17.7 Å². The maximum absolute atomic E-state index is 12.6. The molecule has 3 rings (SSSR count). The summed E-state index contributed by atoms with van der Waals surface area (Å²) in [6.45, 7) is 3.52. The summed E-state index contributed by atoms with van der Waals surface area (Å²) in [6.07, 6.45) is -2.06. The van der Waals surface area contributed by atoms with Gasteiger partial charge in [0.15, 0.2) is 11.6 Å². The second-order valence-electron chi connectivity index (χ2n) is 5.77. The molecule has 3 heterocycles. The van der Waals surface area contributed by atoms with E-state index in [0.29, 0.717) is 24.3 Å². The van der Waals surface area contributed by atoms with Crippen LogP contribution in [0.3, 0.4) is 0 Å². The average molecular weight is 415 g/mol. The Morgan fingerprint density at radius 1 is 1.32 bits per heavy atom. The van der Waals surface area contributed by atoms with Gasteiger partial charge in [0.05, 0.1) is 23.5 Å². The number of pyridine rings is 1. The normalized spacial score (nSPS) is 12.8. The van der Waals surface area contributed by atoms with Gasteiger partial charge in [-0.3, -0.25) is 4.79 Å². The van der Waals surface area contributed by atoms with Crippen LogP contribution in [0, 0.1) is 6.92 Å². The molecule has 0 bridgehead atoms. The van der Waals surface area contributed by atoms with Gasteiger partial charge in [0, 0.05) is 13.1 Å². The third-order valence-electron chi connectivity index (χ3n) is 3.80. The summed E-state index contributed by atoms with van der Waals surface area (Å²) in [5.41, 5.74) is -1.45. The highest BCUT2D eigenvalue weighted by molar-refractivity contribution is 6.32. The first-order chi connectivity index (χ1) is 13.2. The van der Waals surface area contributed by atoms with Gasteiger partial charge in [-0.25, -0.2) is 4.98 Å². The van der Waals surface area contributed by atoms with E-state index in [1.54, 1.807) is 6.92 Å². The van der Waals surface area contributed by atoms with Crippen LogP contribution in [0.1, 0.15) is 36.7 Å². The zero-order valence-corrected chi connectivity index (χ0v) is 15.4. The van der Waals surface area contributed by atoms with Crippen molar-refractivity contribution in [2.75, 3.05) is 5.32 Å². The number of nitrogens with zero attached hydrogens (tertiary/aromatic N) is 5. The number of rotatable bonds is 5. The molecule has 0 aromatic carbocycles. The van der Waals surface area contributed by atoms with E-state index in [9.17, 15) is 18.0 Å². The Morgan fingerprint density at radius 2 is 2.07 bits per heavy atom. The van der Waals surface area contributed by atoms with Crippen molar-refractivity contribution in [3.63, 3.8) is 0 Å². The lowest BCUT2D eigenvalue weighted by atomic mass is 10.2. The van der Waals surface area contributed by atoms with Crippen LogP contribution in [-0.2, 0) is 6.18 Å². The summed E-state index contributed by atoms with van der Waals surface area (Å²) in [5.74, 6) is 0.695. The van der Waals surface area contributed by atoms with Crippen LogP contribution in [-0.4, -0.2) is 24.9 Å². The van der Waals surface area contributed by atoms with E-state index in [0.717, 1.165) is 16.8 Å². The summed E-state index contributed by atoms with van der Waals surface area (Å²) < 4.78 is 43.7. The quantitative estimate of drug-likeness (QED) is 0.681. The van der Waals surface area contributed by atoms with Gasteiger partial charge < -0.3 is 9.84 Å². The molecule has 0 amide bonds. The van der Waals surface area contributed by atoms with Crippen LogP contribution in [0.2, 0.25) is 5.02 Å². The number of hydrogen-bond donors (Lipinski definition) is 1. The van der Waals surface area contributed by atoms with E-state index in [4.69, 9.17) is 16.1 Å². The molecule has 12 heteroatoms. The molecule has 0 spiro atoms. The summed E-state index contributed by atoms with van der Waals surface area (Å²) in [6, 6.07) is 1.47. The Bertz CT molecular complexity index is 1030. The smallest absolute Gasteiger partial charge is 0.372 e. The fourth-order valence-electron chi connectivity index (χ4n) is 2.37. The molecule has 3 aromatic heterocycles. The van der Waals surface area contributed by atoms with Gasteiger partial charge >= 0.3 is 6.18 Å². The third-order valence-corrected chi connectivity index (χ3v) is 4.17. The topological polar surface area (TPSA) is 98.7 Å². The second-order valence-corrected chi connectivity index (χ2v) is 6.15. The highest BCUT2D eigenvalue weighted by atomic mass is 35.5. The zero-order chi connectivity index (χ0) is 20.5. The van der Waals surface area contributed by atoms with Crippen molar-refractivity contribution in [3.05, 3.63) is 57.2 Å². The number of aryl methyl sites for hydroxylation is 1. The summed E-state index contributed by atoms with van der Waals surface area (Å²) in [4.78, 5) is 20.3. The molecule has 148 valence electrons. The molecule has 0 aliphatic rings. The van der Waals surface area contributed by atoms with Gasteiger partial charge in [-0.2, -0.15) is 27.9 Å². The van der Waals surface area contributed by atoms with Crippen molar-refractivity contribution in [2.45, 2.75) is 32.5 Å². The number of aromatic nitrogens is 5. The third kappa shape index (κ3) is 3.98. The largest absolute Gasteiger partial charge is 0.417 e. The molecule has 0 aliphatic carbocycles. The Morgan fingerprint density at radius 3 is 2.61 bits per heavy atom. The van der Waals surface area contributed by atoms with Crippen LogP contribution in [0.25, 0.3) is 5.82 Å². The number of nitrogens with one attached hydrogen (secondary N) is 1. The maximum Gasteiger partial charge on any atom is 0.417 e. The van der Waals surface area contributed by atoms with Gasteiger partial charge in [0.1, 0.15) is 5.02 Å². The van der Waals surface area contributed by atoms with Crippen LogP contribution in [0.15, 0.2) is 33.8 Å². The lowest BCUT2D eigenvalue weighted by Crippen LogP contribution is -2.24. The molecule has 0 aliphatic heterocycles. The monoisotopic (exact) mass is 414 g/mol. The minimum atomic E-state index is -4.53. The standard InChI is InChI=1S/C16H14ClF3N6O2/c1-3-10(14-23-8(2)28-25-14)24-11-7-22-26(15(27)13(11)17)12-5-4-9(6-21-12)16(18,19)20/h4-7,10,24H,3H2,1-2H3. The Hall–Kier alpha value is -2.95. The average Bonchev–Trinajstić information content (AvgIpc) is 3.08. The van der Waals surface area contributed by atoms with Gasteiger partial charge in [-0.05, 0) is 18.6 Å². The summed E-state index contributed by atoms with van der Waals surface area (Å²) in [5, 5.41) is 10.6. The molecule has 3 aromatic rings. The predicted octanol–water partition coefficient (Wildman–Crippen LogP) is 3.55. The Labute approximate surface area is 161 Å². The Balaban J connectivity index is 1.90. The SMILES string of the molecule is CCC(Nc1cnn(-c2ccc(C(F)(F)F)cn2)c(=O)c1Cl)c1noc(C)n1. The van der Waals surface area contributed by atoms with Crippen molar-refractivity contribution >= 4 is 17.3 Å². The van der Waals surface area contributed by atoms with Gasteiger partial charge in [0.2, 0.25) is 5.89 Å². The van der Waals surface area contributed by atoms with E-state index in [-0.39, 0.29) is 22.6 Å². The molecule has 0 radical (unpaired) electrons. The maximum atomic E-state index is 12.6. The highest BCUT2D eigenvalue weighted by Crippen LogP contribution is 2.29. The van der Waals surface area contributed by atoms with Gasteiger partial charge in [-0.1, -0.05) is 23.7 Å². The first-order valence-electron chi connectivity index (χ1n) is 8.09. The van der Waals surface area contributed by atoms with E-state index in [1.165, 1.54) is 6.20 Å². The highest BCUT2D eigenvalue weighted by Gasteiger charge is 2.30. The fourth-order valence-corrected chi connectivity index (χ4v) is 2.55. The first-order valence-corrected chi connectivity index (χ1v) is 8.46. The minimum Gasteiger partial charge on any atom is -0.372 e. The molecular weight excluding hydrogens is 401 g/mol. The lowest BCUT2D eigenvalue weighted by Gasteiger charge is -2.16. The van der Waals surface area contributed by atoms with Crippen LogP contribution < -0.4 is 10.9 Å². The molecule has 1 N–H and O–H groups in total. The van der Waals surface area contributed by atoms with Crippen molar-refractivity contribution in [3.8, 4) is 5.82 Å². The van der Waals surface area contributed by atoms with Crippen LogP contribution in [0.5, 0.6) is 0 Å². The number of anilines is 1. The van der Waals surface area contributed by atoms with Crippen molar-refractivity contribution in [2.24, 2.45) is 0 Å². The molecule has 0 saturated carbocycles. The molecule has 8 nitrogen and oxygen atoms in total. The van der Waals surface area contributed by atoms with E-state index < -0.39 is 17.3 Å². The second kappa shape index (κ2) is 7.58. The van der Waals surface area contributed by atoms with E-state index in [1.807, 2.05) is 6.92 Å². The molecule has 1 atom stereocenters. The predicted molar refractivity (Wildman–Crippen MR) is 93.3 cm³/mol. The fraction of sp³-hybridized carbons (Fsp3) is 0.312. The summed E-state index contributed by atoms with van der Waals surface area (Å²) in [7, 11) is 0. The molecular formula is C16H14ClF3N6O2. The zero-order valence-electron chi connectivity index (χ0n) is 14.7. The van der Waals surface area contributed by atoms with Gasteiger partial charge in [0.25, 0.3) is 5.56 Å². The number of hydrogen-bond acceptors (Lipinski definition) is 7. The van der Waals surface area contributed by atoms with E-state index >= 15 is 0 Å². The van der Waals surface area contributed by atoms with E-state index in [2.05, 4.69) is 25.5 Å². The van der Waals surface area contributed by atoms with Gasteiger partial charge in [-0.15, -0.1) is 0 Å². The molecule has 28 heavy (non-hydrogen) atoms. The van der Waals surface area contributed by atoms with Crippen molar-refractivity contribution in [1.29, 1.82) is 0 Å². The van der Waals surface area contributed by atoms with Crippen LogP contribution in [0.4, 0.5) is 18.9 Å². The van der Waals surface area contributed by atoms with Crippen molar-refractivity contribution in [1.82, 2.24) is 24.9 Å². The summed E-state index contributed by atoms with van der Waals surface area (Å²) >= 11 is 6.14. The first kappa shape index (κ1) is 19.8. The molecule has 0 saturated heterocycles. The minimum absolute atomic E-state index is 0.0905. The Kier molecular flexibility index (Phi) is 5.36. The molecule has 0 fully saturated rings. The van der Waals surface area contributed by atoms with Crippen LogP contribution >= 0.6 is 11.6 Å².